The highest BCUT2D eigenvalue weighted by molar-refractivity contribution is 9.10. The van der Waals surface area contributed by atoms with Gasteiger partial charge >= 0.3 is 0 Å². The van der Waals surface area contributed by atoms with E-state index >= 15 is 0 Å². The first-order chi connectivity index (χ1) is 11.0. The minimum absolute atomic E-state index is 0.662. The third-order valence-electron chi connectivity index (χ3n) is 3.47. The zero-order valence-electron chi connectivity index (χ0n) is 14.0. The van der Waals surface area contributed by atoms with Crippen LogP contribution >= 0.6 is 27.3 Å². The number of aliphatic imine (C=N–C) groups is 1. The van der Waals surface area contributed by atoms with Crippen LogP contribution in [-0.4, -0.2) is 17.5 Å². The maximum atomic E-state index is 4.69. The van der Waals surface area contributed by atoms with Crippen LogP contribution in [0.4, 0.5) is 0 Å². The number of thiazole rings is 1. The first-order valence-electron chi connectivity index (χ1n) is 7.69. The van der Waals surface area contributed by atoms with Crippen LogP contribution in [0.2, 0.25) is 0 Å². The zero-order valence-corrected chi connectivity index (χ0v) is 16.4. The summed E-state index contributed by atoms with van der Waals surface area (Å²) in [6.07, 6.45) is 0. The molecule has 2 N–H and O–H groups in total. The summed E-state index contributed by atoms with van der Waals surface area (Å²) in [7, 11) is 0. The first-order valence-corrected chi connectivity index (χ1v) is 9.30. The van der Waals surface area contributed by atoms with E-state index in [4.69, 9.17) is 0 Å². The Bertz CT molecular complexity index is 694. The van der Waals surface area contributed by atoms with E-state index in [0.29, 0.717) is 6.54 Å². The highest BCUT2D eigenvalue weighted by Crippen LogP contribution is 2.17. The predicted octanol–water partition coefficient (Wildman–Crippen LogP) is 4.09. The maximum absolute atomic E-state index is 4.69. The van der Waals surface area contributed by atoms with E-state index in [9.17, 15) is 0 Å². The molecule has 1 aromatic heterocycles. The average molecular weight is 395 g/mol. The molecule has 23 heavy (non-hydrogen) atoms. The van der Waals surface area contributed by atoms with E-state index in [-0.39, 0.29) is 0 Å². The van der Waals surface area contributed by atoms with Crippen molar-refractivity contribution in [1.82, 2.24) is 15.6 Å². The molecule has 0 radical (unpaired) electrons. The van der Waals surface area contributed by atoms with Gasteiger partial charge in [0.2, 0.25) is 0 Å². The van der Waals surface area contributed by atoms with Gasteiger partial charge in [0, 0.05) is 15.9 Å². The Hall–Kier alpha value is -1.40. The molecule has 1 heterocycles. The lowest BCUT2D eigenvalue weighted by molar-refractivity contribution is 0.818. The summed E-state index contributed by atoms with van der Waals surface area (Å²) in [5, 5.41) is 7.79. The Morgan fingerprint density at radius 2 is 2.04 bits per heavy atom. The van der Waals surface area contributed by atoms with Crippen LogP contribution in [-0.2, 0) is 13.1 Å². The van der Waals surface area contributed by atoms with Gasteiger partial charge < -0.3 is 10.6 Å². The largest absolute Gasteiger partial charge is 0.357 e. The zero-order chi connectivity index (χ0) is 16.8. The Kier molecular flexibility index (Phi) is 6.59. The second-order valence-electron chi connectivity index (χ2n) is 5.36. The SMILES string of the molecule is CCNC(=NCc1ccc(Br)cc1C)NCc1sc(C)nc1C. The molecule has 0 atom stereocenters. The molecule has 1 aromatic carbocycles. The van der Waals surface area contributed by atoms with E-state index in [0.717, 1.165) is 34.2 Å². The maximum Gasteiger partial charge on any atom is 0.191 e. The molecule has 2 aromatic rings. The number of aromatic nitrogens is 1. The van der Waals surface area contributed by atoms with Crippen molar-refractivity contribution in [1.29, 1.82) is 0 Å². The number of aryl methyl sites for hydroxylation is 3. The van der Waals surface area contributed by atoms with Crippen molar-refractivity contribution in [2.24, 2.45) is 4.99 Å². The van der Waals surface area contributed by atoms with Crippen molar-refractivity contribution in [3.8, 4) is 0 Å². The minimum atomic E-state index is 0.662. The third-order valence-corrected chi connectivity index (χ3v) is 5.04. The van der Waals surface area contributed by atoms with Crippen LogP contribution in [0.25, 0.3) is 0 Å². The fourth-order valence-corrected chi connectivity index (χ4v) is 3.60. The second-order valence-corrected chi connectivity index (χ2v) is 7.56. The molecule has 0 bridgehead atoms. The number of rotatable bonds is 5. The van der Waals surface area contributed by atoms with Crippen LogP contribution in [0.3, 0.4) is 0 Å². The highest BCUT2D eigenvalue weighted by Gasteiger charge is 2.06. The van der Waals surface area contributed by atoms with E-state index in [1.54, 1.807) is 11.3 Å². The lowest BCUT2D eigenvalue weighted by Gasteiger charge is -2.11. The highest BCUT2D eigenvalue weighted by atomic mass is 79.9. The molecule has 124 valence electrons. The molecule has 0 saturated carbocycles. The molecule has 4 nitrogen and oxygen atoms in total. The van der Waals surface area contributed by atoms with Gasteiger partial charge in [-0.05, 0) is 51.0 Å². The summed E-state index contributed by atoms with van der Waals surface area (Å²) in [6.45, 7) is 10.5. The summed E-state index contributed by atoms with van der Waals surface area (Å²) in [5.74, 6) is 0.834. The van der Waals surface area contributed by atoms with E-state index in [2.05, 4.69) is 75.5 Å². The number of hydrogen-bond donors (Lipinski definition) is 2. The monoisotopic (exact) mass is 394 g/mol. The van der Waals surface area contributed by atoms with Crippen molar-refractivity contribution in [3.63, 3.8) is 0 Å². The van der Waals surface area contributed by atoms with Gasteiger partial charge in [0.15, 0.2) is 5.96 Å². The first kappa shape index (κ1) is 17.9. The Balaban J connectivity index is 2.03. The molecule has 0 spiro atoms. The second kappa shape index (κ2) is 8.45. The van der Waals surface area contributed by atoms with E-state index in [1.165, 1.54) is 16.0 Å². The summed E-state index contributed by atoms with van der Waals surface area (Å²) >= 11 is 5.23. The van der Waals surface area contributed by atoms with Crippen molar-refractivity contribution in [2.75, 3.05) is 6.54 Å². The summed E-state index contributed by atoms with van der Waals surface area (Å²) < 4.78 is 1.10. The standard InChI is InChI=1S/C17H23BrN4S/c1-5-19-17(21-10-16-12(3)22-13(4)23-16)20-9-14-6-7-15(18)8-11(14)2/h6-8H,5,9-10H2,1-4H3,(H2,19,20,21). The summed E-state index contributed by atoms with van der Waals surface area (Å²) in [5.41, 5.74) is 3.57. The normalized spacial score (nSPS) is 11.6. The molecule has 0 aliphatic carbocycles. The molecule has 0 saturated heterocycles. The Morgan fingerprint density at radius 3 is 2.65 bits per heavy atom. The number of nitrogens with one attached hydrogen (secondary N) is 2. The van der Waals surface area contributed by atoms with Crippen LogP contribution in [0.5, 0.6) is 0 Å². The van der Waals surface area contributed by atoms with Crippen molar-refractivity contribution < 1.29 is 0 Å². The molecular formula is C17H23BrN4S. The van der Waals surface area contributed by atoms with Gasteiger partial charge in [0.1, 0.15) is 0 Å². The fraction of sp³-hybridized carbons (Fsp3) is 0.412. The lowest BCUT2D eigenvalue weighted by atomic mass is 10.1. The van der Waals surface area contributed by atoms with Crippen LogP contribution in [0.15, 0.2) is 27.7 Å². The quantitative estimate of drug-likeness (QED) is 0.592. The van der Waals surface area contributed by atoms with Gasteiger partial charge in [0.25, 0.3) is 0 Å². The number of benzene rings is 1. The van der Waals surface area contributed by atoms with Crippen LogP contribution < -0.4 is 10.6 Å². The molecule has 0 aliphatic heterocycles. The topological polar surface area (TPSA) is 49.3 Å². The lowest BCUT2D eigenvalue weighted by Crippen LogP contribution is -2.36. The van der Waals surface area contributed by atoms with Gasteiger partial charge in [-0.2, -0.15) is 0 Å². The van der Waals surface area contributed by atoms with Crippen molar-refractivity contribution in [3.05, 3.63) is 49.4 Å². The van der Waals surface area contributed by atoms with Gasteiger partial charge in [-0.1, -0.05) is 22.0 Å². The Labute approximate surface area is 150 Å². The Morgan fingerprint density at radius 1 is 1.26 bits per heavy atom. The van der Waals surface area contributed by atoms with Gasteiger partial charge in [-0.15, -0.1) is 11.3 Å². The number of guanidine groups is 1. The van der Waals surface area contributed by atoms with Gasteiger partial charge in [0.05, 0.1) is 23.8 Å². The minimum Gasteiger partial charge on any atom is -0.357 e. The molecule has 6 heteroatoms. The average Bonchev–Trinajstić information content (AvgIpc) is 2.81. The third kappa shape index (κ3) is 5.32. The molecule has 0 amide bonds. The summed E-state index contributed by atoms with van der Waals surface area (Å²) in [6, 6.07) is 6.29. The molecule has 2 rings (SSSR count). The van der Waals surface area contributed by atoms with Gasteiger partial charge in [-0.3, -0.25) is 0 Å². The molecular weight excluding hydrogens is 372 g/mol. The molecule has 0 unspecified atom stereocenters. The van der Waals surface area contributed by atoms with Crippen LogP contribution in [0, 0.1) is 20.8 Å². The molecule has 0 aliphatic rings. The fourth-order valence-electron chi connectivity index (χ4n) is 2.24. The molecule has 0 fully saturated rings. The van der Waals surface area contributed by atoms with Crippen molar-refractivity contribution >= 4 is 33.2 Å². The van der Waals surface area contributed by atoms with Crippen molar-refractivity contribution in [2.45, 2.75) is 40.8 Å². The van der Waals surface area contributed by atoms with Gasteiger partial charge in [-0.25, -0.2) is 9.98 Å². The number of hydrogen-bond acceptors (Lipinski definition) is 3. The van der Waals surface area contributed by atoms with Crippen LogP contribution in [0.1, 0.15) is 33.6 Å². The summed E-state index contributed by atoms with van der Waals surface area (Å²) in [4.78, 5) is 10.4. The van der Waals surface area contributed by atoms with E-state index < -0.39 is 0 Å². The van der Waals surface area contributed by atoms with E-state index in [1.807, 2.05) is 6.92 Å². The number of nitrogens with zero attached hydrogens (tertiary/aromatic N) is 2. The predicted molar refractivity (Wildman–Crippen MR) is 102 cm³/mol. The smallest absolute Gasteiger partial charge is 0.191 e. The number of halogens is 1.